The molecule has 0 atom stereocenters. The number of amides is 1. The fraction of sp³-hybridized carbons (Fsp3) is 0.0909. The second-order valence-electron chi connectivity index (χ2n) is 3.32. The van der Waals surface area contributed by atoms with E-state index in [4.69, 9.17) is 0 Å². The molecule has 0 radical (unpaired) electrons. The number of carbonyl (C=O) groups is 1. The number of H-pyrrole nitrogens is 1. The van der Waals surface area contributed by atoms with Crippen LogP contribution >= 0.6 is 0 Å². The van der Waals surface area contributed by atoms with Crippen LogP contribution in [-0.4, -0.2) is 16.1 Å². The van der Waals surface area contributed by atoms with E-state index in [1.165, 1.54) is 12.1 Å². The lowest BCUT2D eigenvalue weighted by Gasteiger charge is -2.03. The summed E-state index contributed by atoms with van der Waals surface area (Å²) in [4.78, 5) is 11.5. The van der Waals surface area contributed by atoms with Crippen molar-refractivity contribution in [3.05, 3.63) is 48.0 Å². The molecule has 0 aliphatic carbocycles. The smallest absolute Gasteiger partial charge is 0.230 e. The molecule has 0 unspecified atom stereocenters. The minimum Gasteiger partial charge on any atom is -0.326 e. The molecule has 4 nitrogen and oxygen atoms in total. The van der Waals surface area contributed by atoms with Crippen molar-refractivity contribution in [1.82, 2.24) is 10.2 Å². The highest BCUT2D eigenvalue weighted by atomic mass is 19.1. The monoisotopic (exact) mass is 219 g/mol. The Morgan fingerprint density at radius 2 is 2.31 bits per heavy atom. The Morgan fingerprint density at radius 1 is 1.44 bits per heavy atom. The number of rotatable bonds is 3. The molecule has 5 heteroatoms. The van der Waals surface area contributed by atoms with Gasteiger partial charge in [-0.2, -0.15) is 5.10 Å². The van der Waals surface area contributed by atoms with Gasteiger partial charge in [-0.25, -0.2) is 4.39 Å². The first-order valence-electron chi connectivity index (χ1n) is 4.78. The zero-order valence-electron chi connectivity index (χ0n) is 8.40. The molecule has 0 fully saturated rings. The van der Waals surface area contributed by atoms with E-state index < -0.39 is 0 Å². The van der Waals surface area contributed by atoms with Crippen molar-refractivity contribution in [2.45, 2.75) is 6.42 Å². The molecule has 1 heterocycles. The first-order chi connectivity index (χ1) is 7.74. The SMILES string of the molecule is O=C(Cc1ccn[nH]1)Nc1cccc(F)c1. The summed E-state index contributed by atoms with van der Waals surface area (Å²) in [5.41, 5.74) is 1.17. The van der Waals surface area contributed by atoms with Crippen LogP contribution in [0, 0.1) is 5.82 Å². The van der Waals surface area contributed by atoms with E-state index in [1.54, 1.807) is 24.4 Å². The summed E-state index contributed by atoms with van der Waals surface area (Å²) in [5.74, 6) is -0.589. The van der Waals surface area contributed by atoms with Crippen molar-refractivity contribution in [3.63, 3.8) is 0 Å². The third kappa shape index (κ3) is 2.66. The second-order valence-corrected chi connectivity index (χ2v) is 3.32. The maximum Gasteiger partial charge on any atom is 0.230 e. The maximum absolute atomic E-state index is 12.8. The van der Waals surface area contributed by atoms with Gasteiger partial charge < -0.3 is 5.32 Å². The molecule has 1 amide bonds. The molecule has 2 N–H and O–H groups in total. The number of anilines is 1. The topological polar surface area (TPSA) is 57.8 Å². The lowest BCUT2D eigenvalue weighted by Crippen LogP contribution is -2.14. The van der Waals surface area contributed by atoms with Gasteiger partial charge in [0.15, 0.2) is 0 Å². The van der Waals surface area contributed by atoms with Crippen molar-refractivity contribution in [3.8, 4) is 0 Å². The summed E-state index contributed by atoms with van der Waals surface area (Å²) >= 11 is 0. The van der Waals surface area contributed by atoms with Crippen LogP contribution in [0.15, 0.2) is 36.5 Å². The predicted molar refractivity (Wildman–Crippen MR) is 57.3 cm³/mol. The first kappa shape index (κ1) is 10.4. The molecule has 0 saturated heterocycles. The van der Waals surface area contributed by atoms with Crippen LogP contribution in [0.5, 0.6) is 0 Å². The quantitative estimate of drug-likeness (QED) is 0.825. The summed E-state index contributed by atoms with van der Waals surface area (Å²) in [6.07, 6.45) is 1.77. The van der Waals surface area contributed by atoms with Crippen molar-refractivity contribution >= 4 is 11.6 Å². The van der Waals surface area contributed by atoms with E-state index in [1.807, 2.05) is 0 Å². The molecule has 0 spiro atoms. The van der Waals surface area contributed by atoms with Gasteiger partial charge in [-0.3, -0.25) is 9.89 Å². The van der Waals surface area contributed by atoms with Gasteiger partial charge in [0, 0.05) is 17.6 Å². The van der Waals surface area contributed by atoms with Crippen LogP contribution < -0.4 is 5.32 Å². The summed E-state index contributed by atoms with van der Waals surface area (Å²) in [5, 5.41) is 9.01. The van der Waals surface area contributed by atoms with Gasteiger partial charge in [0.1, 0.15) is 5.82 Å². The molecule has 0 aliphatic rings. The van der Waals surface area contributed by atoms with Crippen molar-refractivity contribution < 1.29 is 9.18 Å². The van der Waals surface area contributed by atoms with Crippen LogP contribution in [0.3, 0.4) is 0 Å². The molecule has 2 aromatic rings. The molecule has 1 aromatic heterocycles. The standard InChI is InChI=1S/C11H10FN3O/c12-8-2-1-3-9(6-8)14-11(16)7-10-4-5-13-15-10/h1-6H,7H2,(H,13,15)(H,14,16). The van der Waals surface area contributed by atoms with Gasteiger partial charge >= 0.3 is 0 Å². The van der Waals surface area contributed by atoms with Crippen molar-refractivity contribution in [2.75, 3.05) is 5.32 Å². The van der Waals surface area contributed by atoms with Crippen LogP contribution in [0.2, 0.25) is 0 Å². The number of nitrogens with zero attached hydrogens (tertiary/aromatic N) is 1. The van der Waals surface area contributed by atoms with Crippen molar-refractivity contribution in [2.24, 2.45) is 0 Å². The van der Waals surface area contributed by atoms with E-state index >= 15 is 0 Å². The van der Waals surface area contributed by atoms with Gasteiger partial charge in [0.25, 0.3) is 0 Å². The number of carbonyl (C=O) groups excluding carboxylic acids is 1. The van der Waals surface area contributed by atoms with Crippen molar-refractivity contribution in [1.29, 1.82) is 0 Å². The molecular formula is C11H10FN3O. The van der Waals surface area contributed by atoms with E-state index in [0.717, 1.165) is 0 Å². The molecule has 0 bridgehead atoms. The Labute approximate surface area is 91.5 Å². The van der Waals surface area contributed by atoms with E-state index in [9.17, 15) is 9.18 Å². The van der Waals surface area contributed by atoms with Crippen LogP contribution in [0.25, 0.3) is 0 Å². The van der Waals surface area contributed by atoms with Crippen LogP contribution in [0.4, 0.5) is 10.1 Å². The van der Waals surface area contributed by atoms with Gasteiger partial charge in [-0.1, -0.05) is 6.07 Å². The molecule has 2 rings (SSSR count). The number of hydrogen-bond acceptors (Lipinski definition) is 2. The zero-order chi connectivity index (χ0) is 11.4. The third-order valence-corrected chi connectivity index (χ3v) is 2.02. The van der Waals surface area contributed by atoms with Crippen LogP contribution in [-0.2, 0) is 11.2 Å². The van der Waals surface area contributed by atoms with Gasteiger partial charge in [-0.05, 0) is 24.3 Å². The molecule has 1 aromatic carbocycles. The number of aromatic nitrogens is 2. The summed E-state index contributed by atoms with van der Waals surface area (Å²) in [6, 6.07) is 7.48. The summed E-state index contributed by atoms with van der Waals surface area (Å²) in [7, 11) is 0. The summed E-state index contributed by atoms with van der Waals surface area (Å²) < 4.78 is 12.8. The lowest BCUT2D eigenvalue weighted by molar-refractivity contribution is -0.115. The zero-order valence-corrected chi connectivity index (χ0v) is 8.40. The fourth-order valence-corrected chi connectivity index (χ4v) is 1.33. The van der Waals surface area contributed by atoms with Gasteiger partial charge in [0.2, 0.25) is 5.91 Å². The molecule has 16 heavy (non-hydrogen) atoms. The Morgan fingerprint density at radius 3 is 3.00 bits per heavy atom. The number of benzene rings is 1. The maximum atomic E-state index is 12.8. The molecular weight excluding hydrogens is 209 g/mol. The highest BCUT2D eigenvalue weighted by Gasteiger charge is 2.05. The fourth-order valence-electron chi connectivity index (χ4n) is 1.33. The molecule has 82 valence electrons. The second kappa shape index (κ2) is 4.57. The Kier molecular flexibility index (Phi) is 2.95. The minimum atomic E-state index is -0.376. The Bertz CT molecular complexity index is 482. The van der Waals surface area contributed by atoms with Crippen LogP contribution in [0.1, 0.15) is 5.69 Å². The number of nitrogens with one attached hydrogen (secondary N) is 2. The van der Waals surface area contributed by atoms with E-state index in [0.29, 0.717) is 11.4 Å². The Hall–Kier alpha value is -2.17. The normalized spacial score (nSPS) is 10.1. The first-order valence-corrected chi connectivity index (χ1v) is 4.78. The Balaban J connectivity index is 1.97. The minimum absolute atomic E-state index is 0.191. The number of halogens is 1. The number of aromatic amines is 1. The molecule has 0 saturated carbocycles. The average molecular weight is 219 g/mol. The number of hydrogen-bond donors (Lipinski definition) is 2. The predicted octanol–water partition coefficient (Wildman–Crippen LogP) is 1.73. The highest BCUT2D eigenvalue weighted by molar-refractivity contribution is 5.91. The van der Waals surface area contributed by atoms with E-state index in [-0.39, 0.29) is 18.1 Å². The third-order valence-electron chi connectivity index (χ3n) is 2.02. The largest absolute Gasteiger partial charge is 0.326 e. The lowest BCUT2D eigenvalue weighted by atomic mass is 10.2. The van der Waals surface area contributed by atoms with Gasteiger partial charge in [-0.15, -0.1) is 0 Å². The average Bonchev–Trinajstić information content (AvgIpc) is 2.70. The molecule has 0 aliphatic heterocycles. The van der Waals surface area contributed by atoms with Gasteiger partial charge in [0.05, 0.1) is 6.42 Å². The summed E-state index contributed by atoms with van der Waals surface area (Å²) in [6.45, 7) is 0. The van der Waals surface area contributed by atoms with E-state index in [2.05, 4.69) is 15.5 Å². The highest BCUT2D eigenvalue weighted by Crippen LogP contribution is 2.09.